The summed E-state index contributed by atoms with van der Waals surface area (Å²) >= 11 is 0. The average molecular weight is 240 g/mol. The SMILES string of the molecule is Cc1ccc2cc(C(N)c3ncon3)ccc2n1. The Balaban J connectivity index is 2.06. The molecule has 5 heteroatoms. The zero-order valence-electron chi connectivity index (χ0n) is 9.87. The number of hydrogen-bond acceptors (Lipinski definition) is 5. The van der Waals surface area contributed by atoms with Crippen molar-refractivity contribution in [2.75, 3.05) is 0 Å². The van der Waals surface area contributed by atoms with Gasteiger partial charge in [0.15, 0.2) is 5.82 Å². The van der Waals surface area contributed by atoms with E-state index in [1.54, 1.807) is 0 Å². The Kier molecular flexibility index (Phi) is 2.53. The fourth-order valence-electron chi connectivity index (χ4n) is 1.90. The van der Waals surface area contributed by atoms with Crippen molar-refractivity contribution >= 4 is 10.9 Å². The monoisotopic (exact) mass is 240 g/mol. The molecule has 5 nitrogen and oxygen atoms in total. The van der Waals surface area contributed by atoms with Crippen molar-refractivity contribution in [1.29, 1.82) is 0 Å². The number of fused-ring (bicyclic) bond motifs is 1. The molecular weight excluding hydrogens is 228 g/mol. The van der Waals surface area contributed by atoms with Crippen LogP contribution < -0.4 is 5.73 Å². The van der Waals surface area contributed by atoms with Crippen LogP contribution in [-0.4, -0.2) is 15.1 Å². The van der Waals surface area contributed by atoms with Gasteiger partial charge in [0.05, 0.1) is 11.6 Å². The summed E-state index contributed by atoms with van der Waals surface area (Å²) in [7, 11) is 0. The summed E-state index contributed by atoms with van der Waals surface area (Å²) in [5, 5.41) is 4.81. The number of nitrogens with two attached hydrogens (primary N) is 1. The van der Waals surface area contributed by atoms with Crippen LogP contribution in [0, 0.1) is 6.92 Å². The number of pyridine rings is 1. The number of nitrogens with zero attached hydrogens (tertiary/aromatic N) is 3. The molecule has 0 saturated carbocycles. The van der Waals surface area contributed by atoms with Crippen LogP contribution in [0.3, 0.4) is 0 Å². The predicted octanol–water partition coefficient (Wildman–Crippen LogP) is 1.97. The number of rotatable bonds is 2. The maximum absolute atomic E-state index is 6.08. The molecule has 2 heterocycles. The van der Waals surface area contributed by atoms with E-state index < -0.39 is 0 Å². The maximum atomic E-state index is 6.08. The minimum absolute atomic E-state index is 0.380. The minimum atomic E-state index is -0.380. The Bertz CT molecular complexity index is 679. The normalized spacial score (nSPS) is 12.8. The highest BCUT2D eigenvalue weighted by Crippen LogP contribution is 2.21. The van der Waals surface area contributed by atoms with Crippen molar-refractivity contribution in [3.8, 4) is 0 Å². The standard InChI is InChI=1S/C13H12N4O/c1-8-2-3-9-6-10(4-5-11(9)16-8)12(14)13-15-7-18-17-13/h2-7,12H,14H2,1H3. The third kappa shape index (κ3) is 1.84. The first-order valence-electron chi connectivity index (χ1n) is 5.63. The van der Waals surface area contributed by atoms with Crippen molar-refractivity contribution < 1.29 is 4.52 Å². The Morgan fingerprint density at radius 2 is 2.11 bits per heavy atom. The highest BCUT2D eigenvalue weighted by atomic mass is 16.5. The molecule has 0 aliphatic heterocycles. The van der Waals surface area contributed by atoms with Gasteiger partial charge in [-0.25, -0.2) is 0 Å². The summed E-state index contributed by atoms with van der Waals surface area (Å²) in [6, 6.07) is 9.53. The minimum Gasteiger partial charge on any atom is -0.343 e. The molecule has 1 aromatic carbocycles. The Morgan fingerprint density at radius 1 is 1.22 bits per heavy atom. The van der Waals surface area contributed by atoms with Crippen molar-refractivity contribution in [2.24, 2.45) is 5.73 Å². The van der Waals surface area contributed by atoms with Gasteiger partial charge in [0.1, 0.15) is 0 Å². The summed E-state index contributed by atoms with van der Waals surface area (Å²) in [6.45, 7) is 1.97. The average Bonchev–Trinajstić information content (AvgIpc) is 2.91. The predicted molar refractivity (Wildman–Crippen MR) is 66.8 cm³/mol. The van der Waals surface area contributed by atoms with Crippen LogP contribution >= 0.6 is 0 Å². The Labute approximate surface area is 104 Å². The van der Waals surface area contributed by atoms with Crippen molar-refractivity contribution in [3.63, 3.8) is 0 Å². The van der Waals surface area contributed by atoms with Gasteiger partial charge in [-0.15, -0.1) is 0 Å². The molecule has 1 unspecified atom stereocenters. The second-order valence-electron chi connectivity index (χ2n) is 4.17. The van der Waals surface area contributed by atoms with Gasteiger partial charge in [0.25, 0.3) is 0 Å². The first-order valence-corrected chi connectivity index (χ1v) is 5.63. The molecule has 0 fully saturated rings. The van der Waals surface area contributed by atoms with Gasteiger partial charge in [-0.05, 0) is 30.7 Å². The van der Waals surface area contributed by atoms with Crippen molar-refractivity contribution in [2.45, 2.75) is 13.0 Å². The van der Waals surface area contributed by atoms with Crippen molar-refractivity contribution in [3.05, 3.63) is 53.8 Å². The number of aromatic nitrogens is 3. The molecule has 18 heavy (non-hydrogen) atoms. The third-order valence-corrected chi connectivity index (χ3v) is 2.87. The molecule has 0 aliphatic carbocycles. The topological polar surface area (TPSA) is 77.8 Å². The van der Waals surface area contributed by atoms with E-state index >= 15 is 0 Å². The summed E-state index contributed by atoms with van der Waals surface area (Å²) in [5.74, 6) is 0.481. The quantitative estimate of drug-likeness (QED) is 0.741. The van der Waals surface area contributed by atoms with Crippen LogP contribution in [0.1, 0.15) is 23.1 Å². The van der Waals surface area contributed by atoms with E-state index in [0.717, 1.165) is 22.2 Å². The van der Waals surface area contributed by atoms with Gasteiger partial charge >= 0.3 is 0 Å². The molecule has 2 N–H and O–H groups in total. The van der Waals surface area contributed by atoms with E-state index in [2.05, 4.69) is 15.1 Å². The molecule has 0 saturated heterocycles. The second kappa shape index (κ2) is 4.19. The molecule has 0 radical (unpaired) electrons. The second-order valence-corrected chi connectivity index (χ2v) is 4.17. The summed E-state index contributed by atoms with van der Waals surface area (Å²) in [4.78, 5) is 8.42. The lowest BCUT2D eigenvalue weighted by atomic mass is 10.0. The first-order chi connectivity index (χ1) is 8.74. The van der Waals surface area contributed by atoms with Crippen LogP contribution in [0.2, 0.25) is 0 Å². The lowest BCUT2D eigenvalue weighted by Gasteiger charge is -2.08. The Morgan fingerprint density at radius 3 is 2.89 bits per heavy atom. The van der Waals surface area contributed by atoms with E-state index in [0.29, 0.717) is 5.82 Å². The number of hydrogen-bond donors (Lipinski definition) is 1. The first kappa shape index (κ1) is 10.9. The third-order valence-electron chi connectivity index (χ3n) is 2.87. The van der Waals surface area contributed by atoms with Gasteiger partial charge < -0.3 is 10.3 Å². The highest BCUT2D eigenvalue weighted by molar-refractivity contribution is 5.79. The van der Waals surface area contributed by atoms with Gasteiger partial charge in [-0.1, -0.05) is 17.3 Å². The van der Waals surface area contributed by atoms with Gasteiger partial charge in [0, 0.05) is 11.1 Å². The van der Waals surface area contributed by atoms with Crippen LogP contribution in [0.25, 0.3) is 10.9 Å². The summed E-state index contributed by atoms with van der Waals surface area (Å²) < 4.78 is 4.71. The molecule has 3 rings (SSSR count). The molecule has 90 valence electrons. The smallest absolute Gasteiger partial charge is 0.213 e. The summed E-state index contributed by atoms with van der Waals surface area (Å²) in [6.07, 6.45) is 1.28. The zero-order chi connectivity index (χ0) is 12.5. The fraction of sp³-hybridized carbons (Fsp3) is 0.154. The summed E-state index contributed by atoms with van der Waals surface area (Å²) in [5.41, 5.74) is 8.97. The van der Waals surface area contributed by atoms with Gasteiger partial charge in [-0.2, -0.15) is 4.98 Å². The largest absolute Gasteiger partial charge is 0.343 e. The molecule has 2 aromatic heterocycles. The zero-order valence-corrected chi connectivity index (χ0v) is 9.87. The molecule has 0 bridgehead atoms. The van der Waals surface area contributed by atoms with Gasteiger partial charge in [0.2, 0.25) is 6.39 Å². The Hall–Kier alpha value is -2.27. The molecule has 0 spiro atoms. The van der Waals surface area contributed by atoms with E-state index in [-0.39, 0.29) is 6.04 Å². The van der Waals surface area contributed by atoms with Crippen LogP contribution in [0.15, 0.2) is 41.2 Å². The lowest BCUT2D eigenvalue weighted by molar-refractivity contribution is 0.407. The van der Waals surface area contributed by atoms with Crippen molar-refractivity contribution in [1.82, 2.24) is 15.1 Å². The fourth-order valence-corrected chi connectivity index (χ4v) is 1.90. The van der Waals surface area contributed by atoms with E-state index in [4.69, 9.17) is 10.3 Å². The van der Waals surface area contributed by atoms with E-state index in [1.165, 1.54) is 6.39 Å². The van der Waals surface area contributed by atoms with Crippen LogP contribution in [0.5, 0.6) is 0 Å². The van der Waals surface area contributed by atoms with Crippen LogP contribution in [0.4, 0.5) is 0 Å². The van der Waals surface area contributed by atoms with E-state index in [1.807, 2.05) is 37.3 Å². The molecular formula is C13H12N4O. The van der Waals surface area contributed by atoms with E-state index in [9.17, 15) is 0 Å². The van der Waals surface area contributed by atoms with Crippen LogP contribution in [-0.2, 0) is 0 Å². The van der Waals surface area contributed by atoms with Gasteiger partial charge in [-0.3, -0.25) is 4.98 Å². The molecule has 0 amide bonds. The maximum Gasteiger partial charge on any atom is 0.213 e. The molecule has 3 aromatic rings. The highest BCUT2D eigenvalue weighted by Gasteiger charge is 2.13. The molecule has 1 atom stereocenters. The lowest BCUT2D eigenvalue weighted by Crippen LogP contribution is -2.13. The number of benzene rings is 1. The molecule has 0 aliphatic rings. The number of aryl methyl sites for hydroxylation is 1.